The summed E-state index contributed by atoms with van der Waals surface area (Å²) in [6.07, 6.45) is -0.393. The van der Waals surface area contributed by atoms with Crippen LogP contribution in [-0.2, 0) is 19.1 Å². The summed E-state index contributed by atoms with van der Waals surface area (Å²) < 4.78 is 4.31. The van der Waals surface area contributed by atoms with E-state index in [2.05, 4.69) is 10.1 Å². The predicted octanol–water partition coefficient (Wildman–Crippen LogP) is -2.02. The van der Waals surface area contributed by atoms with Gasteiger partial charge in [-0.25, -0.2) is 4.79 Å². The molecule has 72 valence electrons. The fourth-order valence-corrected chi connectivity index (χ4v) is 1.18. The van der Waals surface area contributed by atoms with Crippen LogP contribution < -0.4 is 5.32 Å². The number of carbonyl (C=O) groups is 3. The second-order valence-electron chi connectivity index (χ2n) is 2.70. The van der Waals surface area contributed by atoms with Gasteiger partial charge in [-0.15, -0.1) is 0 Å². The lowest BCUT2D eigenvalue weighted by Gasteiger charge is -2.20. The van der Waals surface area contributed by atoms with Gasteiger partial charge in [-0.3, -0.25) is 9.59 Å². The van der Waals surface area contributed by atoms with Crippen molar-refractivity contribution in [3.63, 3.8) is 0 Å². The van der Waals surface area contributed by atoms with Crippen LogP contribution in [0.15, 0.2) is 0 Å². The number of esters is 1. The quantitative estimate of drug-likeness (QED) is 0.384. The molecule has 1 rings (SSSR count). The van der Waals surface area contributed by atoms with Crippen molar-refractivity contribution in [3.8, 4) is 0 Å². The van der Waals surface area contributed by atoms with Crippen molar-refractivity contribution in [1.29, 1.82) is 0 Å². The number of ether oxygens (including phenoxy) is 1. The first-order chi connectivity index (χ1) is 6.06. The van der Waals surface area contributed by atoms with E-state index in [9.17, 15) is 14.4 Å². The van der Waals surface area contributed by atoms with Gasteiger partial charge in [0.2, 0.25) is 11.4 Å². The molecule has 1 saturated heterocycles. The first kappa shape index (κ1) is 9.66. The molecule has 0 aromatic heterocycles. The highest BCUT2D eigenvalue weighted by Crippen LogP contribution is 2.17. The number of carbonyl (C=O) groups excluding carboxylic acids is 3. The summed E-state index contributed by atoms with van der Waals surface area (Å²) in [7, 11) is 1.08. The van der Waals surface area contributed by atoms with Gasteiger partial charge in [-0.1, -0.05) is 0 Å². The lowest BCUT2D eigenvalue weighted by Crippen LogP contribution is -2.57. The molecule has 13 heavy (non-hydrogen) atoms. The maximum Gasteiger partial charge on any atom is 0.341 e. The van der Waals surface area contributed by atoms with Crippen LogP contribution in [0, 0.1) is 0 Å². The topological polar surface area (TPSA) is 92.7 Å². The van der Waals surface area contributed by atoms with E-state index in [1.54, 1.807) is 0 Å². The molecule has 1 amide bonds. The summed E-state index contributed by atoms with van der Waals surface area (Å²) in [6.45, 7) is -0.774. The number of nitrogens with one attached hydrogen (secondary N) is 1. The van der Waals surface area contributed by atoms with E-state index in [1.165, 1.54) is 0 Å². The van der Waals surface area contributed by atoms with Crippen LogP contribution in [0.5, 0.6) is 0 Å². The molecule has 1 unspecified atom stereocenters. The molecule has 1 heterocycles. The molecule has 0 aromatic carbocycles. The second kappa shape index (κ2) is 3.14. The zero-order valence-corrected chi connectivity index (χ0v) is 6.99. The molecule has 6 heteroatoms. The molecule has 0 bridgehead atoms. The van der Waals surface area contributed by atoms with Crippen LogP contribution in [-0.4, -0.2) is 42.0 Å². The van der Waals surface area contributed by atoms with Crippen molar-refractivity contribution in [3.05, 3.63) is 0 Å². The monoisotopic (exact) mass is 187 g/mol. The van der Waals surface area contributed by atoms with E-state index >= 15 is 0 Å². The van der Waals surface area contributed by atoms with Crippen LogP contribution >= 0.6 is 0 Å². The van der Waals surface area contributed by atoms with Crippen molar-refractivity contribution >= 4 is 17.7 Å². The summed E-state index contributed by atoms with van der Waals surface area (Å²) in [4.78, 5) is 33.1. The Bertz CT molecular complexity index is 274. The van der Waals surface area contributed by atoms with E-state index in [0.29, 0.717) is 0 Å². The molecule has 6 nitrogen and oxygen atoms in total. The van der Waals surface area contributed by atoms with E-state index < -0.39 is 36.2 Å². The molecular weight excluding hydrogens is 178 g/mol. The Morgan fingerprint density at radius 3 is 2.62 bits per heavy atom. The van der Waals surface area contributed by atoms with Gasteiger partial charge in [0.05, 0.1) is 20.1 Å². The molecule has 0 saturated carbocycles. The van der Waals surface area contributed by atoms with Crippen LogP contribution in [0.4, 0.5) is 0 Å². The number of amides is 1. The largest absolute Gasteiger partial charge is 0.467 e. The van der Waals surface area contributed by atoms with Crippen LogP contribution in [0.2, 0.25) is 0 Å². The molecular formula is C7H9NO5. The Morgan fingerprint density at radius 1 is 1.69 bits per heavy atom. The molecule has 0 aliphatic carbocycles. The third-order valence-corrected chi connectivity index (χ3v) is 1.92. The molecule has 1 fully saturated rings. The molecule has 2 N–H and O–H groups in total. The fraction of sp³-hybridized carbons (Fsp3) is 0.571. The molecule has 0 radical (unpaired) electrons. The molecule has 1 aliphatic rings. The highest BCUT2D eigenvalue weighted by atomic mass is 16.5. The van der Waals surface area contributed by atoms with Crippen LogP contribution in [0.25, 0.3) is 0 Å². The van der Waals surface area contributed by atoms with Gasteiger partial charge in [0.15, 0.2) is 5.78 Å². The Kier molecular flexibility index (Phi) is 2.33. The molecule has 0 aromatic rings. The minimum atomic E-state index is -1.87. The lowest BCUT2D eigenvalue weighted by molar-refractivity contribution is -0.154. The van der Waals surface area contributed by atoms with Crippen molar-refractivity contribution < 1.29 is 24.2 Å². The lowest BCUT2D eigenvalue weighted by atomic mass is 9.98. The summed E-state index contributed by atoms with van der Waals surface area (Å²) in [6, 6.07) is 0. The first-order valence-corrected chi connectivity index (χ1v) is 3.60. The number of Topliss-reactive ketones (excluding diaryl/α,β-unsaturated/α-hetero) is 1. The summed E-state index contributed by atoms with van der Waals surface area (Å²) in [5.41, 5.74) is -1.87. The maximum atomic E-state index is 11.2. The van der Waals surface area contributed by atoms with E-state index in [4.69, 9.17) is 5.11 Å². The number of aliphatic hydroxyl groups excluding tert-OH is 1. The van der Waals surface area contributed by atoms with Gasteiger partial charge >= 0.3 is 5.97 Å². The Balaban J connectivity index is 3.00. The predicted molar refractivity (Wildman–Crippen MR) is 39.6 cm³/mol. The van der Waals surface area contributed by atoms with Crippen molar-refractivity contribution in [1.82, 2.24) is 5.32 Å². The average Bonchev–Trinajstić information content (AvgIpc) is 2.40. The molecule has 1 aliphatic heterocycles. The summed E-state index contributed by atoms with van der Waals surface area (Å²) >= 11 is 0. The van der Waals surface area contributed by atoms with Crippen molar-refractivity contribution in [2.45, 2.75) is 12.0 Å². The number of hydrogen-bond acceptors (Lipinski definition) is 5. The third kappa shape index (κ3) is 1.29. The van der Waals surface area contributed by atoms with E-state index in [1.807, 2.05) is 0 Å². The van der Waals surface area contributed by atoms with Gasteiger partial charge in [0.25, 0.3) is 0 Å². The highest BCUT2D eigenvalue weighted by molar-refractivity contribution is 6.21. The van der Waals surface area contributed by atoms with Crippen LogP contribution in [0.3, 0.4) is 0 Å². The van der Waals surface area contributed by atoms with E-state index in [0.717, 1.165) is 7.11 Å². The number of methoxy groups -OCH3 is 1. The summed E-state index contributed by atoms with van der Waals surface area (Å²) in [5.74, 6) is -2.18. The molecule has 1 atom stereocenters. The number of ketones is 1. The van der Waals surface area contributed by atoms with Crippen LogP contribution in [0.1, 0.15) is 6.42 Å². The zero-order valence-electron chi connectivity index (χ0n) is 6.99. The standard InChI is InChI=1S/C7H9NO5/c1-13-6(12)7(3-9)4(10)2-5(11)8-7/h9H,2-3H2,1H3,(H,8,11). The van der Waals surface area contributed by atoms with E-state index in [-0.39, 0.29) is 0 Å². The maximum absolute atomic E-state index is 11.2. The average molecular weight is 187 g/mol. The summed E-state index contributed by atoms with van der Waals surface area (Å²) in [5, 5.41) is 11.0. The van der Waals surface area contributed by atoms with Gasteiger partial charge in [0.1, 0.15) is 0 Å². The minimum absolute atomic E-state index is 0.393. The zero-order chi connectivity index (χ0) is 10.1. The normalized spacial score (nSPS) is 27.2. The first-order valence-electron chi connectivity index (χ1n) is 3.60. The van der Waals surface area contributed by atoms with Gasteiger partial charge in [-0.05, 0) is 0 Å². The second-order valence-corrected chi connectivity index (χ2v) is 2.70. The minimum Gasteiger partial charge on any atom is -0.467 e. The smallest absolute Gasteiger partial charge is 0.341 e. The third-order valence-electron chi connectivity index (χ3n) is 1.92. The van der Waals surface area contributed by atoms with Gasteiger partial charge in [-0.2, -0.15) is 0 Å². The number of rotatable bonds is 2. The highest BCUT2D eigenvalue weighted by Gasteiger charge is 2.52. The Labute approximate surface area is 73.9 Å². The van der Waals surface area contributed by atoms with Gasteiger partial charge in [0, 0.05) is 0 Å². The fourth-order valence-electron chi connectivity index (χ4n) is 1.18. The number of hydrogen-bond donors (Lipinski definition) is 2. The van der Waals surface area contributed by atoms with Crippen molar-refractivity contribution in [2.75, 3.05) is 13.7 Å². The SMILES string of the molecule is COC(=O)C1(CO)NC(=O)CC1=O. The Morgan fingerprint density at radius 2 is 2.31 bits per heavy atom. The van der Waals surface area contributed by atoms with Gasteiger partial charge < -0.3 is 15.2 Å². The van der Waals surface area contributed by atoms with Crippen molar-refractivity contribution in [2.24, 2.45) is 0 Å². The Hall–Kier alpha value is -1.43. The molecule has 0 spiro atoms. The number of aliphatic hydroxyl groups is 1.